The molecule has 0 atom stereocenters. The van der Waals surface area contributed by atoms with E-state index >= 15 is 0 Å². The Labute approximate surface area is 153 Å². The van der Waals surface area contributed by atoms with Crippen molar-refractivity contribution in [3.05, 3.63) is 77.4 Å². The number of aryl methyl sites for hydroxylation is 2. The highest BCUT2D eigenvalue weighted by Gasteiger charge is 2.20. The van der Waals surface area contributed by atoms with Gasteiger partial charge in [-0.15, -0.1) is 0 Å². The van der Waals surface area contributed by atoms with Crippen LogP contribution in [-0.2, 0) is 0 Å². The Hall–Kier alpha value is -3.13. The first-order chi connectivity index (χ1) is 12.7. The number of hydrogen-bond donors (Lipinski definition) is 0. The summed E-state index contributed by atoms with van der Waals surface area (Å²) < 4.78 is 5.71. The SMILES string of the molecule is COc1cc2ccccc2c(C=O)c1-c1c(C)cc2ccccc2c1C. The zero-order valence-electron chi connectivity index (χ0n) is 15.2. The maximum absolute atomic E-state index is 12.1. The van der Waals surface area contributed by atoms with E-state index in [1.54, 1.807) is 7.11 Å². The summed E-state index contributed by atoms with van der Waals surface area (Å²) in [5.74, 6) is 0.729. The van der Waals surface area contributed by atoms with Crippen molar-refractivity contribution in [2.75, 3.05) is 7.11 Å². The summed E-state index contributed by atoms with van der Waals surface area (Å²) >= 11 is 0. The fourth-order valence-electron chi connectivity index (χ4n) is 3.98. The molecule has 0 aliphatic rings. The topological polar surface area (TPSA) is 26.3 Å². The number of aldehydes is 1. The van der Waals surface area contributed by atoms with Crippen molar-refractivity contribution in [1.29, 1.82) is 0 Å². The molecule has 0 amide bonds. The number of methoxy groups -OCH3 is 1. The van der Waals surface area contributed by atoms with Crippen LogP contribution < -0.4 is 4.74 Å². The van der Waals surface area contributed by atoms with Gasteiger partial charge in [-0.3, -0.25) is 4.79 Å². The standard InChI is InChI=1S/C24H20O2/c1-15-12-17-8-4-6-10-19(17)16(2)23(15)24-21(14-25)20-11-7-5-9-18(20)13-22(24)26-3/h4-14H,1-3H3. The molecule has 4 rings (SSSR count). The van der Waals surface area contributed by atoms with Gasteiger partial charge in [-0.05, 0) is 58.1 Å². The molecule has 0 saturated heterocycles. The second-order valence-electron chi connectivity index (χ2n) is 6.62. The Balaban J connectivity index is 2.18. The number of benzene rings is 4. The van der Waals surface area contributed by atoms with Crippen LogP contribution in [0, 0.1) is 13.8 Å². The zero-order valence-corrected chi connectivity index (χ0v) is 15.2. The van der Waals surface area contributed by atoms with Gasteiger partial charge in [0.1, 0.15) is 5.75 Å². The van der Waals surface area contributed by atoms with Crippen LogP contribution in [0.25, 0.3) is 32.7 Å². The molecule has 0 bridgehead atoms. The first kappa shape index (κ1) is 16.3. The fourth-order valence-corrected chi connectivity index (χ4v) is 3.98. The summed E-state index contributed by atoms with van der Waals surface area (Å²) in [6.45, 7) is 4.21. The number of fused-ring (bicyclic) bond motifs is 2. The second kappa shape index (κ2) is 6.30. The van der Waals surface area contributed by atoms with Gasteiger partial charge in [0.2, 0.25) is 0 Å². The van der Waals surface area contributed by atoms with Gasteiger partial charge in [0.25, 0.3) is 0 Å². The van der Waals surface area contributed by atoms with Crippen LogP contribution in [0.15, 0.2) is 60.7 Å². The van der Waals surface area contributed by atoms with Gasteiger partial charge in [0.15, 0.2) is 6.29 Å². The van der Waals surface area contributed by atoms with Gasteiger partial charge in [-0.1, -0.05) is 54.6 Å². The van der Waals surface area contributed by atoms with E-state index in [0.717, 1.165) is 45.1 Å². The Morgan fingerprint density at radius 2 is 1.42 bits per heavy atom. The largest absolute Gasteiger partial charge is 0.496 e. The quantitative estimate of drug-likeness (QED) is 0.421. The summed E-state index contributed by atoms with van der Waals surface area (Å²) in [5, 5.41) is 4.36. The van der Waals surface area contributed by atoms with E-state index in [4.69, 9.17) is 4.74 Å². The molecule has 128 valence electrons. The average Bonchev–Trinajstić information content (AvgIpc) is 2.67. The number of rotatable bonds is 3. The lowest BCUT2D eigenvalue weighted by Crippen LogP contribution is -1.99. The molecule has 2 nitrogen and oxygen atoms in total. The molecule has 4 aromatic rings. The first-order valence-corrected chi connectivity index (χ1v) is 8.70. The van der Waals surface area contributed by atoms with E-state index < -0.39 is 0 Å². The van der Waals surface area contributed by atoms with Gasteiger partial charge in [-0.25, -0.2) is 0 Å². The predicted octanol–water partition coefficient (Wildman–Crippen LogP) is 6.10. The molecule has 0 saturated carbocycles. The fraction of sp³-hybridized carbons (Fsp3) is 0.125. The normalized spacial score (nSPS) is 11.0. The van der Waals surface area contributed by atoms with Crippen LogP contribution in [0.4, 0.5) is 0 Å². The molecule has 0 fully saturated rings. The summed E-state index contributed by atoms with van der Waals surface area (Å²) in [5.41, 5.74) is 4.94. The molecular weight excluding hydrogens is 320 g/mol. The van der Waals surface area contributed by atoms with Crippen LogP contribution in [0.5, 0.6) is 5.75 Å². The highest BCUT2D eigenvalue weighted by atomic mass is 16.5. The van der Waals surface area contributed by atoms with Crippen LogP contribution in [0.3, 0.4) is 0 Å². The van der Waals surface area contributed by atoms with Gasteiger partial charge >= 0.3 is 0 Å². The van der Waals surface area contributed by atoms with Gasteiger partial charge in [0.05, 0.1) is 7.11 Å². The third kappa shape index (κ3) is 2.38. The monoisotopic (exact) mass is 340 g/mol. The smallest absolute Gasteiger partial charge is 0.151 e. The van der Waals surface area contributed by atoms with E-state index in [9.17, 15) is 4.79 Å². The van der Waals surface area contributed by atoms with E-state index in [0.29, 0.717) is 5.56 Å². The van der Waals surface area contributed by atoms with Crippen molar-refractivity contribution < 1.29 is 9.53 Å². The molecule has 0 N–H and O–H groups in total. The van der Waals surface area contributed by atoms with E-state index in [1.807, 2.05) is 42.5 Å². The lowest BCUT2D eigenvalue weighted by Gasteiger charge is -2.19. The van der Waals surface area contributed by atoms with Crippen LogP contribution >= 0.6 is 0 Å². The van der Waals surface area contributed by atoms with Crippen LogP contribution in [-0.4, -0.2) is 13.4 Å². The molecular formula is C24H20O2. The second-order valence-corrected chi connectivity index (χ2v) is 6.62. The molecule has 0 spiro atoms. The Kier molecular flexibility index (Phi) is 3.96. The van der Waals surface area contributed by atoms with Crippen molar-refractivity contribution in [1.82, 2.24) is 0 Å². The van der Waals surface area contributed by atoms with Gasteiger partial charge in [0, 0.05) is 11.1 Å². The molecule has 4 aromatic carbocycles. The van der Waals surface area contributed by atoms with Gasteiger partial charge in [-0.2, -0.15) is 0 Å². The minimum absolute atomic E-state index is 0.682. The van der Waals surface area contributed by atoms with Crippen LogP contribution in [0.2, 0.25) is 0 Å². The van der Waals surface area contributed by atoms with E-state index in [2.05, 4.69) is 32.0 Å². The Bertz CT molecular complexity index is 1160. The maximum atomic E-state index is 12.1. The van der Waals surface area contributed by atoms with Crippen molar-refractivity contribution in [3.63, 3.8) is 0 Å². The molecule has 0 aliphatic heterocycles. The highest BCUT2D eigenvalue weighted by Crippen LogP contribution is 2.42. The third-order valence-electron chi connectivity index (χ3n) is 5.15. The molecule has 0 radical (unpaired) electrons. The minimum atomic E-state index is 0.682. The zero-order chi connectivity index (χ0) is 18.3. The third-order valence-corrected chi connectivity index (χ3v) is 5.15. The van der Waals surface area contributed by atoms with Gasteiger partial charge < -0.3 is 4.74 Å². The van der Waals surface area contributed by atoms with E-state index in [1.165, 1.54) is 10.8 Å². The Morgan fingerprint density at radius 3 is 2.08 bits per heavy atom. The van der Waals surface area contributed by atoms with Crippen molar-refractivity contribution >= 4 is 27.8 Å². The summed E-state index contributed by atoms with van der Waals surface area (Å²) in [4.78, 5) is 12.1. The molecule has 2 heteroatoms. The molecule has 0 unspecified atom stereocenters. The van der Waals surface area contributed by atoms with Crippen LogP contribution in [0.1, 0.15) is 21.5 Å². The molecule has 0 aliphatic carbocycles. The summed E-state index contributed by atoms with van der Waals surface area (Å²) in [6.07, 6.45) is 0.953. The summed E-state index contributed by atoms with van der Waals surface area (Å²) in [6, 6.07) is 20.5. The summed E-state index contributed by atoms with van der Waals surface area (Å²) in [7, 11) is 1.66. The number of hydrogen-bond acceptors (Lipinski definition) is 2. The van der Waals surface area contributed by atoms with Crippen molar-refractivity contribution in [2.45, 2.75) is 13.8 Å². The number of carbonyl (C=O) groups excluding carboxylic acids is 1. The number of ether oxygens (including phenoxy) is 1. The molecule has 26 heavy (non-hydrogen) atoms. The van der Waals surface area contributed by atoms with Crippen molar-refractivity contribution in [3.8, 4) is 16.9 Å². The maximum Gasteiger partial charge on any atom is 0.151 e. The first-order valence-electron chi connectivity index (χ1n) is 8.70. The lowest BCUT2D eigenvalue weighted by molar-refractivity contribution is 0.112. The minimum Gasteiger partial charge on any atom is -0.496 e. The van der Waals surface area contributed by atoms with Crippen molar-refractivity contribution in [2.24, 2.45) is 0 Å². The lowest BCUT2D eigenvalue weighted by atomic mass is 9.86. The molecule has 0 heterocycles. The predicted molar refractivity (Wildman–Crippen MR) is 108 cm³/mol. The number of carbonyl (C=O) groups is 1. The highest BCUT2D eigenvalue weighted by molar-refractivity contribution is 6.08. The average molecular weight is 340 g/mol. The Morgan fingerprint density at radius 1 is 0.808 bits per heavy atom. The molecule has 0 aromatic heterocycles. The van der Waals surface area contributed by atoms with E-state index in [-0.39, 0.29) is 0 Å².